The molecule has 0 saturated carbocycles. The van der Waals surface area contributed by atoms with E-state index in [9.17, 15) is 14.4 Å². The van der Waals surface area contributed by atoms with Crippen molar-refractivity contribution in [1.82, 2.24) is 4.90 Å². The first-order valence-corrected chi connectivity index (χ1v) is 5.75. The van der Waals surface area contributed by atoms with Crippen LogP contribution in [-0.4, -0.2) is 41.3 Å². The first-order chi connectivity index (χ1) is 9.00. The SMILES string of the molecule is CN(CCC(=O)O)C(=O)C(=O)/C=C/c1ccccc1. The van der Waals surface area contributed by atoms with E-state index >= 15 is 0 Å². The number of hydrogen-bond acceptors (Lipinski definition) is 3. The molecule has 100 valence electrons. The molecule has 0 heterocycles. The molecule has 5 nitrogen and oxygen atoms in total. The van der Waals surface area contributed by atoms with Crippen LogP contribution in [0, 0.1) is 0 Å². The minimum absolute atomic E-state index is 0.0130. The van der Waals surface area contributed by atoms with Gasteiger partial charge in [0, 0.05) is 13.6 Å². The molecule has 0 saturated heterocycles. The summed E-state index contributed by atoms with van der Waals surface area (Å²) in [5.74, 6) is -2.39. The maximum Gasteiger partial charge on any atom is 0.305 e. The van der Waals surface area contributed by atoms with Crippen LogP contribution in [0.1, 0.15) is 12.0 Å². The minimum Gasteiger partial charge on any atom is -0.481 e. The fourth-order valence-electron chi connectivity index (χ4n) is 1.36. The maximum atomic E-state index is 11.6. The summed E-state index contributed by atoms with van der Waals surface area (Å²) < 4.78 is 0. The second-order valence-corrected chi connectivity index (χ2v) is 3.98. The van der Waals surface area contributed by atoms with E-state index in [-0.39, 0.29) is 13.0 Å². The van der Waals surface area contributed by atoms with Crippen molar-refractivity contribution in [2.24, 2.45) is 0 Å². The number of ketones is 1. The zero-order valence-corrected chi connectivity index (χ0v) is 10.6. The third kappa shape index (κ3) is 5.16. The Kier molecular flexibility index (Phi) is 5.47. The summed E-state index contributed by atoms with van der Waals surface area (Å²) in [7, 11) is 1.40. The number of amides is 1. The molecule has 0 aliphatic rings. The molecule has 0 atom stereocenters. The lowest BCUT2D eigenvalue weighted by atomic mass is 10.2. The smallest absolute Gasteiger partial charge is 0.305 e. The first kappa shape index (κ1) is 14.6. The van der Waals surface area contributed by atoms with Crippen LogP contribution >= 0.6 is 0 Å². The predicted molar refractivity (Wildman–Crippen MR) is 70.4 cm³/mol. The van der Waals surface area contributed by atoms with Crippen molar-refractivity contribution in [3.63, 3.8) is 0 Å². The molecule has 0 bridgehead atoms. The largest absolute Gasteiger partial charge is 0.481 e. The Balaban J connectivity index is 2.55. The van der Waals surface area contributed by atoms with Gasteiger partial charge in [0.15, 0.2) is 0 Å². The van der Waals surface area contributed by atoms with Crippen LogP contribution in [0.25, 0.3) is 6.08 Å². The Bertz CT molecular complexity index is 493. The van der Waals surface area contributed by atoms with Gasteiger partial charge < -0.3 is 10.0 Å². The molecule has 0 fully saturated rings. The second-order valence-electron chi connectivity index (χ2n) is 3.98. The fourth-order valence-corrected chi connectivity index (χ4v) is 1.36. The van der Waals surface area contributed by atoms with Gasteiger partial charge in [-0.15, -0.1) is 0 Å². The van der Waals surface area contributed by atoms with E-state index in [4.69, 9.17) is 5.11 Å². The van der Waals surface area contributed by atoms with E-state index in [2.05, 4.69) is 0 Å². The third-order valence-electron chi connectivity index (χ3n) is 2.45. The van der Waals surface area contributed by atoms with E-state index in [1.807, 2.05) is 30.3 Å². The van der Waals surface area contributed by atoms with E-state index in [0.29, 0.717) is 0 Å². The van der Waals surface area contributed by atoms with Crippen molar-refractivity contribution < 1.29 is 19.5 Å². The highest BCUT2D eigenvalue weighted by atomic mass is 16.4. The summed E-state index contributed by atoms with van der Waals surface area (Å²) in [5, 5.41) is 8.50. The molecule has 0 aliphatic carbocycles. The van der Waals surface area contributed by atoms with Crippen LogP contribution in [0.4, 0.5) is 0 Å². The van der Waals surface area contributed by atoms with Gasteiger partial charge in [0.1, 0.15) is 0 Å². The Morgan fingerprint density at radius 2 is 1.84 bits per heavy atom. The second kappa shape index (κ2) is 7.10. The molecule has 19 heavy (non-hydrogen) atoms. The summed E-state index contributed by atoms with van der Waals surface area (Å²) in [4.78, 5) is 34.7. The maximum absolute atomic E-state index is 11.6. The highest BCUT2D eigenvalue weighted by Crippen LogP contribution is 2.01. The highest BCUT2D eigenvalue weighted by molar-refractivity contribution is 6.41. The molecule has 0 spiro atoms. The topological polar surface area (TPSA) is 74.7 Å². The Hall–Kier alpha value is -2.43. The number of likely N-dealkylation sites (N-methyl/N-ethyl adjacent to an activating group) is 1. The van der Waals surface area contributed by atoms with Gasteiger partial charge in [0.2, 0.25) is 5.78 Å². The Morgan fingerprint density at radius 1 is 1.21 bits per heavy atom. The van der Waals surface area contributed by atoms with Gasteiger partial charge in [-0.1, -0.05) is 36.4 Å². The van der Waals surface area contributed by atoms with Crippen LogP contribution in [0.5, 0.6) is 0 Å². The quantitative estimate of drug-likeness (QED) is 0.616. The molecule has 5 heteroatoms. The molecule has 1 aromatic carbocycles. The van der Waals surface area contributed by atoms with E-state index < -0.39 is 17.7 Å². The summed E-state index contributed by atoms with van der Waals surface area (Å²) in [5.41, 5.74) is 0.817. The molecular weight excluding hydrogens is 246 g/mol. The normalized spacial score (nSPS) is 10.4. The lowest BCUT2D eigenvalue weighted by molar-refractivity contribution is -0.143. The number of benzene rings is 1. The van der Waals surface area contributed by atoms with E-state index in [0.717, 1.165) is 10.5 Å². The summed E-state index contributed by atoms with van der Waals surface area (Å²) in [6.45, 7) is 0.0130. The number of aliphatic carboxylic acids is 1. The van der Waals surface area contributed by atoms with Crippen LogP contribution in [0.2, 0.25) is 0 Å². The number of rotatable bonds is 6. The number of carbonyl (C=O) groups excluding carboxylic acids is 2. The highest BCUT2D eigenvalue weighted by Gasteiger charge is 2.16. The van der Waals surface area contributed by atoms with Crippen molar-refractivity contribution >= 4 is 23.7 Å². The number of hydrogen-bond donors (Lipinski definition) is 1. The minimum atomic E-state index is -1.01. The van der Waals surface area contributed by atoms with E-state index in [1.165, 1.54) is 13.1 Å². The zero-order chi connectivity index (χ0) is 14.3. The Morgan fingerprint density at radius 3 is 2.42 bits per heavy atom. The van der Waals surface area contributed by atoms with Gasteiger partial charge in [0.05, 0.1) is 6.42 Å². The van der Waals surface area contributed by atoms with Crippen molar-refractivity contribution in [2.75, 3.05) is 13.6 Å². The van der Waals surface area contributed by atoms with Crippen LogP contribution in [0.15, 0.2) is 36.4 Å². The van der Waals surface area contributed by atoms with Gasteiger partial charge in [-0.25, -0.2) is 0 Å². The molecule has 1 aromatic rings. The molecular formula is C14H15NO4. The Labute approximate surface area is 111 Å². The summed E-state index contributed by atoms with van der Waals surface area (Å²) in [6, 6.07) is 9.12. The van der Waals surface area contributed by atoms with Gasteiger partial charge in [-0.2, -0.15) is 0 Å². The number of carboxylic acid groups (broad SMARTS) is 1. The monoisotopic (exact) mass is 261 g/mol. The molecule has 0 unspecified atom stereocenters. The molecule has 0 aromatic heterocycles. The number of carbonyl (C=O) groups is 3. The average Bonchev–Trinajstić information content (AvgIpc) is 2.42. The van der Waals surface area contributed by atoms with Crippen molar-refractivity contribution in [3.05, 3.63) is 42.0 Å². The average molecular weight is 261 g/mol. The fraction of sp³-hybridized carbons (Fsp3) is 0.214. The standard InChI is InChI=1S/C14H15NO4/c1-15(10-9-13(17)18)14(19)12(16)8-7-11-5-3-2-4-6-11/h2-8H,9-10H2,1H3,(H,17,18)/b8-7+. The van der Waals surface area contributed by atoms with Gasteiger partial charge in [0.25, 0.3) is 5.91 Å². The van der Waals surface area contributed by atoms with Crippen molar-refractivity contribution in [3.8, 4) is 0 Å². The zero-order valence-electron chi connectivity index (χ0n) is 10.6. The molecule has 1 amide bonds. The molecule has 0 radical (unpaired) electrons. The van der Waals surface area contributed by atoms with Crippen molar-refractivity contribution in [2.45, 2.75) is 6.42 Å². The van der Waals surface area contributed by atoms with Crippen LogP contribution in [-0.2, 0) is 14.4 Å². The lowest BCUT2D eigenvalue weighted by Crippen LogP contribution is -2.33. The third-order valence-corrected chi connectivity index (χ3v) is 2.45. The first-order valence-electron chi connectivity index (χ1n) is 5.75. The molecule has 1 rings (SSSR count). The number of carboxylic acids is 1. The molecule has 1 N–H and O–H groups in total. The summed E-state index contributed by atoms with van der Waals surface area (Å²) in [6.07, 6.45) is 2.55. The summed E-state index contributed by atoms with van der Waals surface area (Å²) >= 11 is 0. The van der Waals surface area contributed by atoms with Gasteiger partial charge in [-0.3, -0.25) is 14.4 Å². The van der Waals surface area contributed by atoms with Crippen LogP contribution < -0.4 is 0 Å². The lowest BCUT2D eigenvalue weighted by Gasteiger charge is -2.13. The van der Waals surface area contributed by atoms with E-state index in [1.54, 1.807) is 6.08 Å². The predicted octanol–water partition coefficient (Wildman–Crippen LogP) is 1.20. The van der Waals surface area contributed by atoms with Gasteiger partial charge in [-0.05, 0) is 11.6 Å². The van der Waals surface area contributed by atoms with Crippen molar-refractivity contribution in [1.29, 1.82) is 0 Å². The molecule has 0 aliphatic heterocycles. The van der Waals surface area contributed by atoms with Gasteiger partial charge >= 0.3 is 5.97 Å². The van der Waals surface area contributed by atoms with Crippen LogP contribution in [0.3, 0.4) is 0 Å². The number of nitrogens with zero attached hydrogens (tertiary/aromatic N) is 1.